The van der Waals surface area contributed by atoms with Gasteiger partial charge in [0, 0.05) is 45.4 Å². The van der Waals surface area contributed by atoms with E-state index in [4.69, 9.17) is 4.74 Å². The minimum absolute atomic E-state index is 0.457. The molecule has 0 bridgehead atoms. The first-order chi connectivity index (χ1) is 27.7. The van der Waals surface area contributed by atoms with Crippen molar-refractivity contribution in [3.8, 4) is 22.6 Å². The van der Waals surface area contributed by atoms with Gasteiger partial charge in [0.05, 0.1) is 11.0 Å². The van der Waals surface area contributed by atoms with E-state index in [2.05, 4.69) is 210 Å². The summed E-state index contributed by atoms with van der Waals surface area (Å²) in [6.45, 7) is 0. The van der Waals surface area contributed by atoms with Gasteiger partial charge in [-0.05, 0) is 117 Å². The van der Waals surface area contributed by atoms with Crippen molar-refractivity contribution in [3.63, 3.8) is 0 Å². The van der Waals surface area contributed by atoms with Crippen molar-refractivity contribution >= 4 is 55.2 Å². The molecule has 1 saturated carbocycles. The van der Waals surface area contributed by atoms with Gasteiger partial charge in [-0.2, -0.15) is 0 Å². The fourth-order valence-corrected chi connectivity index (χ4v) is 9.48. The smallest absolute Gasteiger partial charge is 0.130 e. The maximum atomic E-state index is 6.51. The number of hydrogen-bond acceptors (Lipinski definition) is 2. The second kappa shape index (κ2) is 12.2. The van der Waals surface area contributed by atoms with Gasteiger partial charge in [0.15, 0.2) is 0 Å². The number of benzene rings is 8. The number of nitrogens with zero attached hydrogens (tertiary/aromatic N) is 2. The maximum absolute atomic E-state index is 6.51. The van der Waals surface area contributed by atoms with Crippen molar-refractivity contribution in [2.45, 2.75) is 5.92 Å². The first kappa shape index (κ1) is 31.3. The molecular formula is C53H36N2O. The van der Waals surface area contributed by atoms with Gasteiger partial charge in [0.2, 0.25) is 0 Å². The lowest BCUT2D eigenvalue weighted by Crippen LogP contribution is -2.11. The molecule has 0 amide bonds. The zero-order valence-corrected chi connectivity index (χ0v) is 30.6. The van der Waals surface area contributed by atoms with Crippen molar-refractivity contribution in [3.05, 3.63) is 217 Å². The molecule has 0 saturated heterocycles. The maximum Gasteiger partial charge on any atom is 0.130 e. The number of aromatic nitrogens is 1. The molecule has 3 heteroatoms. The van der Waals surface area contributed by atoms with Gasteiger partial charge in [-0.15, -0.1) is 0 Å². The molecule has 2 heterocycles. The Morgan fingerprint density at radius 2 is 1.14 bits per heavy atom. The predicted octanol–water partition coefficient (Wildman–Crippen LogP) is 13.8. The second-order valence-corrected chi connectivity index (χ2v) is 15.3. The molecule has 3 nitrogen and oxygen atoms in total. The van der Waals surface area contributed by atoms with E-state index in [1.54, 1.807) is 0 Å². The van der Waals surface area contributed by atoms with Crippen molar-refractivity contribution in [1.82, 2.24) is 4.57 Å². The molecule has 1 fully saturated rings. The van der Waals surface area contributed by atoms with Crippen LogP contribution in [0.4, 0.5) is 17.1 Å². The Hall–Kier alpha value is -7.10. The lowest BCUT2D eigenvalue weighted by atomic mass is 9.97. The summed E-state index contributed by atoms with van der Waals surface area (Å²) in [6, 6.07) is 68.2. The number of hydrogen-bond donors (Lipinski definition) is 0. The highest BCUT2D eigenvalue weighted by Gasteiger charge is 2.57. The Kier molecular flexibility index (Phi) is 6.82. The Bertz CT molecular complexity index is 3040. The topological polar surface area (TPSA) is 17.4 Å². The lowest BCUT2D eigenvalue weighted by Gasteiger charge is -2.27. The molecule has 0 N–H and O–H groups in total. The summed E-state index contributed by atoms with van der Waals surface area (Å²) in [4.78, 5) is 2.40. The quantitative estimate of drug-likeness (QED) is 0.170. The highest BCUT2D eigenvalue weighted by atomic mass is 16.5. The van der Waals surface area contributed by atoms with Crippen molar-refractivity contribution < 1.29 is 4.74 Å². The first-order valence-corrected chi connectivity index (χ1v) is 19.5. The van der Waals surface area contributed by atoms with Crippen LogP contribution in [-0.4, -0.2) is 4.57 Å². The molecule has 9 aromatic rings. The molecule has 264 valence electrons. The van der Waals surface area contributed by atoms with E-state index < -0.39 is 0 Å². The zero-order valence-electron chi connectivity index (χ0n) is 30.6. The molecule has 3 aliphatic rings. The van der Waals surface area contributed by atoms with Gasteiger partial charge >= 0.3 is 0 Å². The van der Waals surface area contributed by atoms with Crippen LogP contribution in [0.1, 0.15) is 17.0 Å². The lowest BCUT2D eigenvalue weighted by molar-refractivity contribution is 0.370. The third kappa shape index (κ3) is 4.91. The number of para-hydroxylation sites is 3. The van der Waals surface area contributed by atoms with Gasteiger partial charge in [-0.25, -0.2) is 0 Å². The second-order valence-electron chi connectivity index (χ2n) is 15.3. The monoisotopic (exact) mass is 716 g/mol. The highest BCUT2D eigenvalue weighted by Crippen LogP contribution is 2.65. The summed E-state index contributed by atoms with van der Waals surface area (Å²) in [6.07, 6.45) is 4.76. The molecule has 8 aromatic carbocycles. The minimum Gasteiger partial charge on any atom is -0.461 e. The number of ether oxygens (including phenoxy) is 1. The van der Waals surface area contributed by atoms with Crippen LogP contribution in [-0.2, 0) is 0 Å². The van der Waals surface area contributed by atoms with Crippen LogP contribution in [0, 0.1) is 11.8 Å². The fourth-order valence-electron chi connectivity index (χ4n) is 9.48. The van der Waals surface area contributed by atoms with E-state index in [1.807, 2.05) is 0 Å². The summed E-state index contributed by atoms with van der Waals surface area (Å²) in [5, 5.41) is 5.01. The molecule has 0 radical (unpaired) electrons. The van der Waals surface area contributed by atoms with Crippen molar-refractivity contribution in [2.24, 2.45) is 11.8 Å². The number of allylic oxidation sites excluding steroid dienone is 4. The summed E-state index contributed by atoms with van der Waals surface area (Å²) in [5.74, 6) is 3.54. The molecule has 0 spiro atoms. The summed E-state index contributed by atoms with van der Waals surface area (Å²) < 4.78 is 8.91. The van der Waals surface area contributed by atoms with Gasteiger partial charge in [-0.3, -0.25) is 0 Å². The van der Waals surface area contributed by atoms with Gasteiger partial charge in [0.25, 0.3) is 0 Å². The van der Waals surface area contributed by atoms with Crippen LogP contribution in [0.15, 0.2) is 206 Å². The normalized spacial score (nSPS) is 17.8. The molecule has 12 rings (SSSR count). The summed E-state index contributed by atoms with van der Waals surface area (Å²) in [5.41, 5.74) is 13.0. The van der Waals surface area contributed by atoms with E-state index in [0.717, 1.165) is 34.3 Å². The summed E-state index contributed by atoms with van der Waals surface area (Å²) >= 11 is 0. The van der Waals surface area contributed by atoms with Crippen molar-refractivity contribution in [1.29, 1.82) is 0 Å². The molecule has 2 unspecified atom stereocenters. The van der Waals surface area contributed by atoms with E-state index in [9.17, 15) is 0 Å². The van der Waals surface area contributed by atoms with Crippen LogP contribution in [0.2, 0.25) is 0 Å². The largest absolute Gasteiger partial charge is 0.461 e. The Balaban J connectivity index is 0.982. The minimum atomic E-state index is 0.457. The van der Waals surface area contributed by atoms with E-state index >= 15 is 0 Å². The van der Waals surface area contributed by atoms with Crippen molar-refractivity contribution in [2.75, 3.05) is 4.90 Å². The van der Waals surface area contributed by atoms with Gasteiger partial charge in [0.1, 0.15) is 11.5 Å². The Morgan fingerprint density at radius 3 is 1.96 bits per heavy atom. The highest BCUT2D eigenvalue weighted by molar-refractivity contribution is 6.09. The number of anilines is 3. The van der Waals surface area contributed by atoms with Crippen LogP contribution in [0.5, 0.6) is 5.75 Å². The predicted molar refractivity (Wildman–Crippen MR) is 231 cm³/mol. The molecule has 3 atom stereocenters. The molecular weight excluding hydrogens is 681 g/mol. The van der Waals surface area contributed by atoms with Crippen LogP contribution in [0.25, 0.3) is 55.0 Å². The summed E-state index contributed by atoms with van der Waals surface area (Å²) in [7, 11) is 0. The average molecular weight is 717 g/mol. The number of rotatable bonds is 6. The molecule has 56 heavy (non-hydrogen) atoms. The fraction of sp³-hybridized carbons (Fsp3) is 0.0566. The Morgan fingerprint density at radius 1 is 0.464 bits per heavy atom. The standard InChI is InChI=1S/C53H36N2O/c1-2-12-36-29-38(24-23-34(36)11-1)35-25-27-40(28-26-35)54(42-15-10-16-43(33-42)55-48-20-6-3-17-44(48)45-18-4-7-21-49(45)55)41-14-9-13-37(30-41)39-31-47-52-46-19-5-8-22-50(46)56-51(32-39)53(47)52/h1-33,47,52-53H/t47-,52?,53?/m1/s1. The van der Waals surface area contributed by atoms with Gasteiger partial charge < -0.3 is 14.2 Å². The van der Waals surface area contributed by atoms with Crippen LogP contribution in [0.3, 0.4) is 0 Å². The van der Waals surface area contributed by atoms with E-state index in [-0.39, 0.29) is 0 Å². The van der Waals surface area contributed by atoms with Crippen LogP contribution < -0.4 is 9.64 Å². The Labute approximate surface area is 325 Å². The molecule has 1 aliphatic heterocycles. The van der Waals surface area contributed by atoms with Crippen LogP contribution >= 0.6 is 0 Å². The third-order valence-electron chi connectivity index (χ3n) is 12.2. The molecule has 1 aromatic heterocycles. The molecule has 2 aliphatic carbocycles. The van der Waals surface area contributed by atoms with Gasteiger partial charge in [-0.1, -0.05) is 127 Å². The first-order valence-electron chi connectivity index (χ1n) is 19.5. The SMILES string of the molecule is C1=C(c2cccc(N(c3ccc(-c4ccc5ccccc5c4)cc3)c3cccc(-n4c5ccccc5c5ccccc54)c3)c2)C=C2Oc3ccccc3C3C2[C@H]13. The van der Waals surface area contributed by atoms with E-state index in [1.165, 1.54) is 60.4 Å². The zero-order chi connectivity index (χ0) is 36.7. The number of fused-ring (bicyclic) bond motifs is 7. The third-order valence-corrected chi connectivity index (χ3v) is 12.2. The average Bonchev–Trinajstić information content (AvgIpc) is 3.90. The van der Waals surface area contributed by atoms with E-state index in [0.29, 0.717) is 17.8 Å².